The highest BCUT2D eigenvalue weighted by molar-refractivity contribution is 5.79. The second-order valence-corrected chi connectivity index (χ2v) is 8.63. The number of halogens is 3. The molecule has 0 bridgehead atoms. The molecule has 0 spiro atoms. The second kappa shape index (κ2) is 9.11. The van der Waals surface area contributed by atoms with Crippen molar-refractivity contribution in [3.05, 3.63) is 46.5 Å². The standard InChI is InChI=1S/C23H26F3N5O3/c1-12(2)20(15-6-7-17-18(10-15)34-9-5-8-33-17)28-19(32)11-16-13(3)27-22-29-21(23(24,25)26)30-31(22)14(16)4/h6-7,10,12,20H,5,8-9,11H2,1-4H3,(H,28,32). The van der Waals surface area contributed by atoms with Crippen LogP contribution >= 0.6 is 0 Å². The normalized spacial score (nSPS) is 14.8. The third-order valence-electron chi connectivity index (χ3n) is 5.75. The smallest absolute Gasteiger partial charge is 0.453 e. The zero-order valence-electron chi connectivity index (χ0n) is 19.4. The molecule has 1 atom stereocenters. The summed E-state index contributed by atoms with van der Waals surface area (Å²) in [5.41, 5.74) is 2.20. The second-order valence-electron chi connectivity index (χ2n) is 8.63. The number of hydrogen-bond acceptors (Lipinski definition) is 6. The van der Waals surface area contributed by atoms with E-state index in [-0.39, 0.29) is 30.1 Å². The van der Waals surface area contributed by atoms with Crippen molar-refractivity contribution in [2.45, 2.75) is 52.8 Å². The fourth-order valence-corrected chi connectivity index (χ4v) is 3.98. The summed E-state index contributed by atoms with van der Waals surface area (Å²) < 4.78 is 51.6. The highest BCUT2D eigenvalue weighted by Gasteiger charge is 2.37. The Kier molecular flexibility index (Phi) is 6.37. The van der Waals surface area contributed by atoms with Gasteiger partial charge < -0.3 is 14.8 Å². The number of carbonyl (C=O) groups excluding carboxylic acids is 1. The molecule has 4 rings (SSSR count). The number of benzene rings is 1. The summed E-state index contributed by atoms with van der Waals surface area (Å²) in [4.78, 5) is 20.6. The number of carbonyl (C=O) groups is 1. The van der Waals surface area contributed by atoms with E-state index in [1.165, 1.54) is 0 Å². The highest BCUT2D eigenvalue weighted by Crippen LogP contribution is 2.34. The molecule has 0 fully saturated rings. The van der Waals surface area contributed by atoms with Crippen molar-refractivity contribution in [1.29, 1.82) is 0 Å². The monoisotopic (exact) mass is 477 g/mol. The number of ether oxygens (including phenoxy) is 2. The lowest BCUT2D eigenvalue weighted by molar-refractivity contribution is -0.144. The summed E-state index contributed by atoms with van der Waals surface area (Å²) in [6.07, 6.45) is -3.95. The van der Waals surface area contributed by atoms with Crippen molar-refractivity contribution >= 4 is 11.7 Å². The number of hydrogen-bond donors (Lipinski definition) is 1. The molecule has 0 aliphatic carbocycles. The first-order chi connectivity index (χ1) is 16.0. The molecule has 1 unspecified atom stereocenters. The molecule has 1 aliphatic heterocycles. The van der Waals surface area contributed by atoms with E-state index in [9.17, 15) is 18.0 Å². The fraction of sp³-hybridized carbons (Fsp3) is 0.478. The Labute approximate surface area is 194 Å². The van der Waals surface area contributed by atoms with E-state index in [2.05, 4.69) is 20.4 Å². The molecular formula is C23H26F3N5O3. The first-order valence-electron chi connectivity index (χ1n) is 11.0. The van der Waals surface area contributed by atoms with Crippen molar-refractivity contribution in [3.8, 4) is 11.5 Å². The lowest BCUT2D eigenvalue weighted by Crippen LogP contribution is -2.33. The summed E-state index contributed by atoms with van der Waals surface area (Å²) in [7, 11) is 0. The van der Waals surface area contributed by atoms with Gasteiger partial charge in [-0.1, -0.05) is 19.9 Å². The van der Waals surface area contributed by atoms with Crippen molar-refractivity contribution in [3.63, 3.8) is 0 Å². The summed E-state index contributed by atoms with van der Waals surface area (Å²) in [6.45, 7) is 8.37. The van der Waals surface area contributed by atoms with Gasteiger partial charge in [-0.25, -0.2) is 9.50 Å². The van der Waals surface area contributed by atoms with Crippen LogP contribution in [0.5, 0.6) is 11.5 Å². The molecule has 0 saturated carbocycles. The van der Waals surface area contributed by atoms with E-state index in [1.807, 2.05) is 32.0 Å². The van der Waals surface area contributed by atoms with Crippen LogP contribution in [0.25, 0.3) is 5.78 Å². The maximum Gasteiger partial charge on any atom is 0.453 e. The third kappa shape index (κ3) is 4.78. The molecule has 1 aromatic carbocycles. The van der Waals surface area contributed by atoms with Crippen LogP contribution in [-0.2, 0) is 17.4 Å². The van der Waals surface area contributed by atoms with E-state index in [1.54, 1.807) is 13.8 Å². The van der Waals surface area contributed by atoms with Gasteiger partial charge in [0.15, 0.2) is 11.5 Å². The van der Waals surface area contributed by atoms with Crippen LogP contribution in [0, 0.1) is 19.8 Å². The molecule has 3 heterocycles. The Hall–Kier alpha value is -3.37. The summed E-state index contributed by atoms with van der Waals surface area (Å²) in [5.74, 6) is -0.317. The largest absolute Gasteiger partial charge is 0.490 e. The van der Waals surface area contributed by atoms with Crippen molar-refractivity contribution in [2.75, 3.05) is 13.2 Å². The van der Waals surface area contributed by atoms with Gasteiger partial charge in [-0.05, 0) is 37.5 Å². The fourth-order valence-electron chi connectivity index (χ4n) is 3.98. The van der Waals surface area contributed by atoms with Crippen molar-refractivity contribution < 1.29 is 27.4 Å². The summed E-state index contributed by atoms with van der Waals surface area (Å²) >= 11 is 0. The quantitative estimate of drug-likeness (QED) is 0.598. The van der Waals surface area contributed by atoms with Crippen LogP contribution in [0.1, 0.15) is 54.6 Å². The topological polar surface area (TPSA) is 90.6 Å². The number of aromatic nitrogens is 4. The van der Waals surface area contributed by atoms with E-state index >= 15 is 0 Å². The lowest BCUT2D eigenvalue weighted by atomic mass is 9.95. The van der Waals surface area contributed by atoms with Crippen molar-refractivity contribution in [2.24, 2.45) is 5.92 Å². The van der Waals surface area contributed by atoms with Gasteiger partial charge in [-0.2, -0.15) is 18.2 Å². The zero-order valence-corrected chi connectivity index (χ0v) is 19.4. The number of aryl methyl sites for hydroxylation is 2. The van der Waals surface area contributed by atoms with Gasteiger partial charge >= 0.3 is 6.18 Å². The van der Waals surface area contributed by atoms with Gasteiger partial charge in [0.2, 0.25) is 5.91 Å². The van der Waals surface area contributed by atoms with Gasteiger partial charge in [0, 0.05) is 23.4 Å². The van der Waals surface area contributed by atoms with E-state index < -0.39 is 12.0 Å². The average molecular weight is 477 g/mol. The predicted octanol–water partition coefficient (Wildman–Crippen LogP) is 3.98. The van der Waals surface area contributed by atoms with Gasteiger partial charge in [0.05, 0.1) is 25.7 Å². The molecule has 8 nitrogen and oxygen atoms in total. The number of rotatable bonds is 5. The first-order valence-corrected chi connectivity index (χ1v) is 11.0. The Morgan fingerprint density at radius 2 is 1.85 bits per heavy atom. The number of nitrogens with zero attached hydrogens (tertiary/aromatic N) is 4. The molecule has 2 aromatic heterocycles. The van der Waals surface area contributed by atoms with Crippen molar-refractivity contribution in [1.82, 2.24) is 24.9 Å². The molecule has 0 radical (unpaired) electrons. The Morgan fingerprint density at radius 3 is 2.53 bits per heavy atom. The highest BCUT2D eigenvalue weighted by atomic mass is 19.4. The molecule has 11 heteroatoms. The summed E-state index contributed by atoms with van der Waals surface area (Å²) in [5, 5.41) is 6.59. The minimum absolute atomic E-state index is 0.0599. The van der Waals surface area contributed by atoms with Gasteiger partial charge in [0.25, 0.3) is 11.6 Å². The van der Waals surface area contributed by atoms with E-state index in [0.717, 1.165) is 16.5 Å². The molecule has 3 aromatic rings. The maximum atomic E-state index is 13.0. The van der Waals surface area contributed by atoms with Gasteiger partial charge in [0.1, 0.15) is 0 Å². The Bertz CT molecular complexity index is 1220. The SMILES string of the molecule is Cc1nc2nc(C(F)(F)F)nn2c(C)c1CC(=O)NC(c1ccc2c(c1)OCCCO2)C(C)C. The number of amides is 1. The Morgan fingerprint density at radius 1 is 1.15 bits per heavy atom. The van der Waals surface area contributed by atoms with Crippen LogP contribution in [0.2, 0.25) is 0 Å². The maximum absolute atomic E-state index is 13.0. The average Bonchev–Trinajstić information content (AvgIpc) is 3.06. The minimum atomic E-state index is -4.68. The van der Waals surface area contributed by atoms with Gasteiger partial charge in [-0.3, -0.25) is 4.79 Å². The minimum Gasteiger partial charge on any atom is -0.490 e. The number of alkyl halides is 3. The van der Waals surface area contributed by atoms with E-state index in [4.69, 9.17) is 9.47 Å². The van der Waals surface area contributed by atoms with Crippen LogP contribution in [0.4, 0.5) is 13.2 Å². The zero-order chi connectivity index (χ0) is 24.6. The van der Waals surface area contributed by atoms with Crippen LogP contribution in [0.15, 0.2) is 18.2 Å². The predicted molar refractivity (Wildman–Crippen MR) is 117 cm³/mol. The number of nitrogens with one attached hydrogen (secondary N) is 1. The molecule has 1 amide bonds. The third-order valence-corrected chi connectivity index (χ3v) is 5.75. The van der Waals surface area contributed by atoms with E-state index in [0.29, 0.717) is 41.7 Å². The molecule has 1 N–H and O–H groups in total. The van der Waals surface area contributed by atoms with Crippen LogP contribution < -0.4 is 14.8 Å². The molecule has 182 valence electrons. The molecular weight excluding hydrogens is 451 g/mol. The first kappa shape index (κ1) is 23.8. The number of fused-ring (bicyclic) bond motifs is 2. The lowest BCUT2D eigenvalue weighted by Gasteiger charge is -2.24. The Balaban J connectivity index is 1.57. The molecule has 1 aliphatic rings. The molecule has 34 heavy (non-hydrogen) atoms. The van der Waals surface area contributed by atoms with Gasteiger partial charge in [-0.15, -0.1) is 5.10 Å². The van der Waals surface area contributed by atoms with Crippen LogP contribution in [-0.4, -0.2) is 38.7 Å². The summed E-state index contributed by atoms with van der Waals surface area (Å²) in [6, 6.07) is 5.32. The van der Waals surface area contributed by atoms with Crippen LogP contribution in [0.3, 0.4) is 0 Å². The molecule has 0 saturated heterocycles.